The van der Waals surface area contributed by atoms with Gasteiger partial charge in [-0.25, -0.2) is 0 Å². The highest BCUT2D eigenvalue weighted by Crippen LogP contribution is 2.17. The van der Waals surface area contributed by atoms with Gasteiger partial charge in [-0.05, 0) is 32.1 Å². The number of hydrogen-bond donors (Lipinski definition) is 0. The Balaban J connectivity index is 3.39. The summed E-state index contributed by atoms with van der Waals surface area (Å²) >= 11 is 0. The lowest BCUT2D eigenvalue weighted by Gasteiger charge is -2.10. The van der Waals surface area contributed by atoms with Crippen LogP contribution in [0.1, 0.15) is 65.7 Å². The van der Waals surface area contributed by atoms with E-state index < -0.39 is 0 Å². The molecule has 0 heterocycles. The van der Waals surface area contributed by atoms with Gasteiger partial charge in [0.1, 0.15) is 0 Å². The third-order valence-electron chi connectivity index (χ3n) is 2.77. The molecule has 0 bridgehead atoms. The minimum Gasteiger partial charge on any atom is -0.0859 e. The van der Waals surface area contributed by atoms with Gasteiger partial charge < -0.3 is 0 Å². The van der Waals surface area contributed by atoms with Crippen LogP contribution in [0.25, 0.3) is 0 Å². The normalized spacial score (nSPS) is 14.4. The van der Waals surface area contributed by atoms with Crippen LogP contribution < -0.4 is 0 Å². The number of unbranched alkanes of at least 4 members (excludes halogenated alkanes) is 1. The molecule has 0 nitrogen and oxygen atoms in total. The molecule has 0 heteroatoms. The lowest BCUT2D eigenvalue weighted by molar-refractivity contribution is 0.461. The Morgan fingerprint density at radius 1 is 1.29 bits per heavy atom. The van der Waals surface area contributed by atoms with Gasteiger partial charge in [0.15, 0.2) is 0 Å². The zero-order valence-electron chi connectivity index (χ0n) is 10.3. The van der Waals surface area contributed by atoms with Gasteiger partial charge in [0, 0.05) is 0 Å². The molecule has 0 aromatic carbocycles. The van der Waals surface area contributed by atoms with E-state index in [0.29, 0.717) is 0 Å². The second-order valence-electron chi connectivity index (χ2n) is 4.45. The van der Waals surface area contributed by atoms with Crippen molar-refractivity contribution in [3.05, 3.63) is 18.6 Å². The third-order valence-corrected chi connectivity index (χ3v) is 2.77. The zero-order chi connectivity index (χ0) is 10.8. The van der Waals surface area contributed by atoms with Crippen molar-refractivity contribution >= 4 is 0 Å². The maximum absolute atomic E-state index is 3.88. The van der Waals surface area contributed by atoms with Gasteiger partial charge in [-0.1, -0.05) is 58.1 Å². The summed E-state index contributed by atoms with van der Waals surface area (Å²) in [7, 11) is 0. The molecule has 1 radical (unpaired) electrons. The molecule has 0 saturated carbocycles. The van der Waals surface area contributed by atoms with Gasteiger partial charge >= 0.3 is 0 Å². The summed E-state index contributed by atoms with van der Waals surface area (Å²) in [6.07, 6.45) is 11.3. The third kappa shape index (κ3) is 8.34. The zero-order valence-corrected chi connectivity index (χ0v) is 10.3. The van der Waals surface area contributed by atoms with Crippen molar-refractivity contribution in [1.29, 1.82) is 0 Å². The summed E-state index contributed by atoms with van der Waals surface area (Å²) in [5, 5.41) is 0. The van der Waals surface area contributed by atoms with E-state index in [-0.39, 0.29) is 0 Å². The predicted molar refractivity (Wildman–Crippen MR) is 66.3 cm³/mol. The van der Waals surface area contributed by atoms with Crippen LogP contribution in [0.4, 0.5) is 0 Å². The molecule has 0 aromatic heterocycles. The summed E-state index contributed by atoms with van der Waals surface area (Å²) in [5.74, 6) is 0.895. The second kappa shape index (κ2) is 9.30. The highest BCUT2D eigenvalue weighted by atomic mass is 14.1. The van der Waals surface area contributed by atoms with Crippen LogP contribution in [0.3, 0.4) is 0 Å². The van der Waals surface area contributed by atoms with Crippen LogP contribution in [0.15, 0.2) is 11.6 Å². The Hall–Kier alpha value is -0.260. The molecule has 0 amide bonds. The van der Waals surface area contributed by atoms with E-state index in [1.54, 1.807) is 5.57 Å². The minimum atomic E-state index is 0.895. The van der Waals surface area contributed by atoms with Gasteiger partial charge in [0.2, 0.25) is 0 Å². The average molecular weight is 195 g/mol. The molecule has 14 heavy (non-hydrogen) atoms. The molecule has 0 rings (SSSR count). The van der Waals surface area contributed by atoms with Crippen molar-refractivity contribution < 1.29 is 0 Å². The first kappa shape index (κ1) is 13.7. The van der Waals surface area contributed by atoms with E-state index in [2.05, 4.69) is 33.8 Å². The fourth-order valence-corrected chi connectivity index (χ4v) is 1.82. The van der Waals surface area contributed by atoms with Crippen molar-refractivity contribution in [2.45, 2.75) is 65.7 Å². The largest absolute Gasteiger partial charge is 0.0859 e. The van der Waals surface area contributed by atoms with Crippen molar-refractivity contribution in [1.82, 2.24) is 0 Å². The summed E-state index contributed by atoms with van der Waals surface area (Å²) < 4.78 is 0. The highest BCUT2D eigenvalue weighted by Gasteiger charge is 2.01. The van der Waals surface area contributed by atoms with Crippen LogP contribution in [0.5, 0.6) is 0 Å². The van der Waals surface area contributed by atoms with E-state index in [0.717, 1.165) is 12.3 Å². The summed E-state index contributed by atoms with van der Waals surface area (Å²) in [5.41, 5.74) is 1.57. The molecule has 0 fully saturated rings. The van der Waals surface area contributed by atoms with Crippen molar-refractivity contribution in [3.8, 4) is 0 Å². The molecular weight excluding hydrogens is 168 g/mol. The fraction of sp³-hybridized carbons (Fsp3) is 0.786. The molecule has 83 valence electrons. The molecular formula is C14H27. The van der Waals surface area contributed by atoms with Crippen LogP contribution in [-0.4, -0.2) is 0 Å². The van der Waals surface area contributed by atoms with Gasteiger partial charge in [-0.3, -0.25) is 0 Å². The molecule has 1 unspecified atom stereocenters. The summed E-state index contributed by atoms with van der Waals surface area (Å²) in [6.45, 7) is 10.7. The van der Waals surface area contributed by atoms with Crippen LogP contribution >= 0.6 is 0 Å². The molecule has 0 saturated heterocycles. The highest BCUT2D eigenvalue weighted by molar-refractivity contribution is 4.96. The molecule has 0 aromatic rings. The summed E-state index contributed by atoms with van der Waals surface area (Å²) in [6, 6.07) is 0. The molecule has 0 N–H and O–H groups in total. The van der Waals surface area contributed by atoms with Gasteiger partial charge in [0.05, 0.1) is 0 Å². The monoisotopic (exact) mass is 195 g/mol. The quantitative estimate of drug-likeness (QED) is 0.470. The predicted octanol–water partition coefficient (Wildman–Crippen LogP) is 5.15. The molecule has 0 spiro atoms. The van der Waals surface area contributed by atoms with Crippen LogP contribution in [-0.2, 0) is 0 Å². The van der Waals surface area contributed by atoms with Crippen molar-refractivity contribution in [2.75, 3.05) is 0 Å². The average Bonchev–Trinajstić information content (AvgIpc) is 2.15. The lowest BCUT2D eigenvalue weighted by Crippen LogP contribution is -1.94. The van der Waals surface area contributed by atoms with Gasteiger partial charge in [0.25, 0.3) is 0 Å². The SMILES string of the molecule is [CH2]CCCC(C)CCC/C(C)=C/CC. The van der Waals surface area contributed by atoms with E-state index >= 15 is 0 Å². The van der Waals surface area contributed by atoms with Crippen LogP contribution in [0.2, 0.25) is 0 Å². The first-order chi connectivity index (χ1) is 6.70. The van der Waals surface area contributed by atoms with Crippen molar-refractivity contribution in [3.63, 3.8) is 0 Å². The van der Waals surface area contributed by atoms with Crippen molar-refractivity contribution in [2.24, 2.45) is 5.92 Å². The van der Waals surface area contributed by atoms with Crippen LogP contribution in [0, 0.1) is 12.8 Å². The molecule has 0 aliphatic rings. The number of allylic oxidation sites excluding steroid dienone is 2. The van der Waals surface area contributed by atoms with E-state index in [4.69, 9.17) is 0 Å². The first-order valence-corrected chi connectivity index (χ1v) is 6.15. The van der Waals surface area contributed by atoms with E-state index in [9.17, 15) is 0 Å². The molecule has 0 aliphatic carbocycles. The van der Waals surface area contributed by atoms with Gasteiger partial charge in [-0.15, -0.1) is 0 Å². The Morgan fingerprint density at radius 2 is 1.93 bits per heavy atom. The molecule has 1 atom stereocenters. The smallest absolute Gasteiger partial charge is 0.0323 e. The minimum absolute atomic E-state index is 0.895. The molecule has 0 aliphatic heterocycles. The van der Waals surface area contributed by atoms with E-state index in [1.807, 2.05) is 0 Å². The topological polar surface area (TPSA) is 0 Å². The lowest BCUT2D eigenvalue weighted by atomic mass is 9.96. The fourth-order valence-electron chi connectivity index (χ4n) is 1.82. The standard InChI is InChI=1S/C14H27/c1-5-7-10-14(4)12-8-11-13(3)9-6-2/h9,14H,1,5-8,10-12H2,2-4H3/b13-9+. The Kier molecular flexibility index (Phi) is 9.13. The number of rotatable bonds is 8. The second-order valence-corrected chi connectivity index (χ2v) is 4.45. The van der Waals surface area contributed by atoms with E-state index in [1.165, 1.54) is 38.5 Å². The Morgan fingerprint density at radius 3 is 2.50 bits per heavy atom. The first-order valence-electron chi connectivity index (χ1n) is 6.15. The Labute approximate surface area is 90.8 Å². The van der Waals surface area contributed by atoms with Gasteiger partial charge in [-0.2, -0.15) is 0 Å². The maximum atomic E-state index is 3.88. The maximum Gasteiger partial charge on any atom is -0.0323 e. The summed E-state index contributed by atoms with van der Waals surface area (Å²) in [4.78, 5) is 0. The number of hydrogen-bond acceptors (Lipinski definition) is 0. The Bertz CT molecular complexity index is 144.